The molecule has 0 saturated heterocycles. The minimum atomic E-state index is -0.470. The van der Waals surface area contributed by atoms with Crippen molar-refractivity contribution in [1.29, 1.82) is 0 Å². The molecule has 0 radical (unpaired) electrons. The Balaban J connectivity index is 1.79. The molecule has 0 bridgehead atoms. The van der Waals surface area contributed by atoms with Crippen molar-refractivity contribution in [3.63, 3.8) is 0 Å². The summed E-state index contributed by atoms with van der Waals surface area (Å²) in [7, 11) is 0. The molecular formula is C27H31NO. The lowest BCUT2D eigenvalue weighted by atomic mass is 9.83. The first-order valence-electron chi connectivity index (χ1n) is 10.4. The van der Waals surface area contributed by atoms with Gasteiger partial charge in [0.1, 0.15) is 5.60 Å². The Labute approximate surface area is 175 Å². The van der Waals surface area contributed by atoms with Gasteiger partial charge in [0.05, 0.1) is 0 Å². The van der Waals surface area contributed by atoms with E-state index in [1.54, 1.807) is 0 Å². The molecule has 29 heavy (non-hydrogen) atoms. The fourth-order valence-corrected chi connectivity index (χ4v) is 3.90. The highest BCUT2D eigenvalue weighted by Crippen LogP contribution is 2.36. The third-order valence-electron chi connectivity index (χ3n) is 5.34. The zero-order valence-electron chi connectivity index (χ0n) is 17.3. The maximum Gasteiger partial charge on any atom is 0.119 e. The number of nitrogens with one attached hydrogen (secondary N) is 1. The second kappa shape index (κ2) is 10.8. The Morgan fingerprint density at radius 3 is 1.86 bits per heavy atom. The Hall–Kier alpha value is -2.68. The van der Waals surface area contributed by atoms with Crippen LogP contribution >= 0.6 is 0 Å². The summed E-state index contributed by atoms with van der Waals surface area (Å²) in [6.45, 7) is 7.57. The van der Waals surface area contributed by atoms with Gasteiger partial charge in [0.15, 0.2) is 0 Å². The van der Waals surface area contributed by atoms with Crippen molar-refractivity contribution in [2.75, 3.05) is 13.2 Å². The van der Waals surface area contributed by atoms with E-state index in [1.807, 2.05) is 6.08 Å². The molecule has 0 aliphatic carbocycles. The van der Waals surface area contributed by atoms with Crippen LogP contribution in [0.2, 0.25) is 0 Å². The molecule has 0 amide bonds. The molecule has 2 nitrogen and oxygen atoms in total. The average Bonchev–Trinajstić information content (AvgIpc) is 2.79. The molecule has 3 aromatic carbocycles. The van der Waals surface area contributed by atoms with Crippen molar-refractivity contribution >= 4 is 0 Å². The molecule has 2 heteroatoms. The van der Waals surface area contributed by atoms with Crippen molar-refractivity contribution in [2.45, 2.75) is 31.4 Å². The van der Waals surface area contributed by atoms with Gasteiger partial charge in [0.2, 0.25) is 0 Å². The minimum Gasteiger partial charge on any atom is -0.366 e. The molecule has 3 rings (SSSR count). The average molecular weight is 386 g/mol. The topological polar surface area (TPSA) is 21.3 Å². The molecule has 0 fully saturated rings. The van der Waals surface area contributed by atoms with Crippen LogP contribution in [-0.2, 0) is 16.8 Å². The van der Waals surface area contributed by atoms with E-state index in [2.05, 4.69) is 110 Å². The van der Waals surface area contributed by atoms with Crippen LogP contribution in [0.5, 0.6) is 0 Å². The van der Waals surface area contributed by atoms with E-state index in [1.165, 1.54) is 16.7 Å². The standard InChI is InChI=1S/C27H31NO/c1-3-26(22-23-14-8-5-9-15-23)28-21-20-27(29-4-2,24-16-10-6-11-17-24)25-18-12-7-13-19-25/h3,5-19,26,28H,1,4,20-22H2,2H3. The predicted molar refractivity (Wildman–Crippen MR) is 122 cm³/mol. The Morgan fingerprint density at radius 2 is 1.38 bits per heavy atom. The predicted octanol–water partition coefficient (Wildman–Crippen LogP) is 5.74. The van der Waals surface area contributed by atoms with Gasteiger partial charge >= 0.3 is 0 Å². The molecule has 0 heterocycles. The van der Waals surface area contributed by atoms with Gasteiger partial charge < -0.3 is 10.1 Å². The van der Waals surface area contributed by atoms with Crippen molar-refractivity contribution < 1.29 is 4.74 Å². The highest BCUT2D eigenvalue weighted by molar-refractivity contribution is 5.36. The van der Waals surface area contributed by atoms with E-state index in [0.29, 0.717) is 6.61 Å². The van der Waals surface area contributed by atoms with Gasteiger partial charge in [0, 0.05) is 12.6 Å². The monoisotopic (exact) mass is 385 g/mol. The highest BCUT2D eigenvalue weighted by atomic mass is 16.5. The fraction of sp³-hybridized carbons (Fsp3) is 0.259. The molecule has 0 aromatic heterocycles. The number of rotatable bonds is 11. The number of hydrogen-bond acceptors (Lipinski definition) is 2. The number of ether oxygens (including phenoxy) is 1. The Morgan fingerprint density at radius 1 is 0.862 bits per heavy atom. The molecule has 0 saturated carbocycles. The van der Waals surface area contributed by atoms with Crippen molar-refractivity contribution in [1.82, 2.24) is 5.32 Å². The smallest absolute Gasteiger partial charge is 0.119 e. The SMILES string of the molecule is C=CC(Cc1ccccc1)NCCC(OCC)(c1ccccc1)c1ccccc1. The first kappa shape index (κ1) is 21.0. The van der Waals surface area contributed by atoms with Crippen LogP contribution in [0.1, 0.15) is 30.0 Å². The normalized spacial score (nSPS) is 12.4. The molecule has 0 spiro atoms. The molecule has 0 aliphatic heterocycles. The minimum absolute atomic E-state index is 0.225. The van der Waals surface area contributed by atoms with Crippen molar-refractivity contribution in [3.05, 3.63) is 120 Å². The van der Waals surface area contributed by atoms with E-state index >= 15 is 0 Å². The van der Waals surface area contributed by atoms with E-state index in [-0.39, 0.29) is 6.04 Å². The van der Waals surface area contributed by atoms with Gasteiger partial charge in [-0.2, -0.15) is 0 Å². The molecule has 1 N–H and O–H groups in total. The van der Waals surface area contributed by atoms with E-state index in [4.69, 9.17) is 4.74 Å². The van der Waals surface area contributed by atoms with E-state index in [0.717, 1.165) is 19.4 Å². The Bertz CT molecular complexity index is 806. The quantitative estimate of drug-likeness (QED) is 0.425. The summed E-state index contributed by atoms with van der Waals surface area (Å²) in [5, 5.41) is 3.67. The largest absolute Gasteiger partial charge is 0.366 e. The first-order valence-corrected chi connectivity index (χ1v) is 10.4. The van der Waals surface area contributed by atoms with Gasteiger partial charge in [-0.25, -0.2) is 0 Å². The van der Waals surface area contributed by atoms with E-state index in [9.17, 15) is 0 Å². The molecular weight excluding hydrogens is 354 g/mol. The van der Waals surface area contributed by atoms with Crippen LogP contribution in [-0.4, -0.2) is 19.2 Å². The highest BCUT2D eigenvalue weighted by Gasteiger charge is 2.34. The second-order valence-corrected chi connectivity index (χ2v) is 7.23. The summed E-state index contributed by atoms with van der Waals surface area (Å²) in [6.07, 6.45) is 3.77. The van der Waals surface area contributed by atoms with Crippen molar-refractivity contribution in [2.24, 2.45) is 0 Å². The summed E-state index contributed by atoms with van der Waals surface area (Å²) in [6, 6.07) is 31.9. The van der Waals surface area contributed by atoms with Crippen LogP contribution in [0.4, 0.5) is 0 Å². The summed E-state index contributed by atoms with van der Waals surface area (Å²) in [5.74, 6) is 0. The molecule has 150 valence electrons. The number of hydrogen-bond donors (Lipinski definition) is 1. The first-order chi connectivity index (χ1) is 14.3. The van der Waals surface area contributed by atoms with Gasteiger partial charge in [-0.1, -0.05) is 97.1 Å². The third kappa shape index (κ3) is 5.44. The van der Waals surface area contributed by atoms with Gasteiger partial charge in [0.25, 0.3) is 0 Å². The van der Waals surface area contributed by atoms with E-state index < -0.39 is 5.60 Å². The summed E-state index contributed by atoms with van der Waals surface area (Å²) < 4.78 is 6.47. The van der Waals surface area contributed by atoms with Gasteiger partial charge in [-0.3, -0.25) is 0 Å². The summed E-state index contributed by atoms with van der Waals surface area (Å²) in [5.41, 5.74) is 3.22. The molecule has 0 aliphatic rings. The Kier molecular flexibility index (Phi) is 7.80. The lowest BCUT2D eigenvalue weighted by Gasteiger charge is -2.35. The van der Waals surface area contributed by atoms with Crippen LogP contribution in [0.25, 0.3) is 0 Å². The third-order valence-corrected chi connectivity index (χ3v) is 5.34. The lowest BCUT2D eigenvalue weighted by Crippen LogP contribution is -2.38. The molecule has 1 unspecified atom stereocenters. The van der Waals surface area contributed by atoms with Crippen LogP contribution in [0.3, 0.4) is 0 Å². The second-order valence-electron chi connectivity index (χ2n) is 7.23. The molecule has 3 aromatic rings. The zero-order valence-corrected chi connectivity index (χ0v) is 17.3. The maximum absolute atomic E-state index is 6.47. The summed E-state index contributed by atoms with van der Waals surface area (Å²) in [4.78, 5) is 0. The fourth-order valence-electron chi connectivity index (χ4n) is 3.90. The van der Waals surface area contributed by atoms with Crippen LogP contribution in [0.15, 0.2) is 104 Å². The van der Waals surface area contributed by atoms with Gasteiger partial charge in [-0.15, -0.1) is 6.58 Å². The summed E-state index contributed by atoms with van der Waals surface area (Å²) >= 11 is 0. The van der Waals surface area contributed by atoms with Crippen molar-refractivity contribution in [3.8, 4) is 0 Å². The molecule has 1 atom stereocenters. The lowest BCUT2D eigenvalue weighted by molar-refractivity contribution is -0.0175. The van der Waals surface area contributed by atoms with Gasteiger partial charge in [-0.05, 0) is 43.0 Å². The number of benzene rings is 3. The van der Waals surface area contributed by atoms with Crippen LogP contribution < -0.4 is 5.32 Å². The zero-order chi connectivity index (χ0) is 20.4. The maximum atomic E-state index is 6.47. The van der Waals surface area contributed by atoms with Crippen LogP contribution in [0, 0.1) is 0 Å².